The van der Waals surface area contributed by atoms with Crippen LogP contribution >= 0.6 is 0 Å². The largest absolute Gasteiger partial charge is 0.481 e. The summed E-state index contributed by atoms with van der Waals surface area (Å²) in [5.41, 5.74) is 1.39. The standard InChI is InChI=1S/C23H27F2N5O3/c1-14-16(15-8-27-29(2)10-15)9-26-18(30-6-3-4-23(24,25)5-7-30)17(14)19(31)28-22-11-21(12-22,13-22)20(32)33/h8-10H,3-7,11-13H2,1-2H3,(H,28,31)(H,32,33). The minimum absolute atomic E-state index is 0.110. The number of rotatable bonds is 5. The summed E-state index contributed by atoms with van der Waals surface area (Å²) >= 11 is 0. The molecule has 1 aliphatic heterocycles. The molecule has 6 rings (SSSR count). The molecule has 1 saturated heterocycles. The highest BCUT2D eigenvalue weighted by Crippen LogP contribution is 2.67. The maximum atomic E-state index is 14.0. The second kappa shape index (κ2) is 7.23. The Morgan fingerprint density at radius 3 is 2.52 bits per heavy atom. The number of anilines is 1. The van der Waals surface area contributed by atoms with Gasteiger partial charge in [-0.1, -0.05) is 0 Å². The lowest BCUT2D eigenvalue weighted by molar-refractivity contribution is -0.196. The van der Waals surface area contributed by atoms with Crippen molar-refractivity contribution in [3.05, 3.63) is 29.7 Å². The number of aromatic nitrogens is 3. The smallest absolute Gasteiger partial charge is 0.309 e. The number of nitrogens with one attached hydrogen (secondary N) is 1. The number of hydrogen-bond acceptors (Lipinski definition) is 5. The Morgan fingerprint density at radius 1 is 1.15 bits per heavy atom. The van der Waals surface area contributed by atoms with Gasteiger partial charge in [-0.2, -0.15) is 5.10 Å². The maximum Gasteiger partial charge on any atom is 0.309 e. The lowest BCUT2D eigenvalue weighted by Gasteiger charge is -2.67. The Hall–Kier alpha value is -3.04. The molecule has 1 amide bonds. The van der Waals surface area contributed by atoms with Crippen molar-refractivity contribution in [3.63, 3.8) is 0 Å². The molecule has 2 bridgehead atoms. The van der Waals surface area contributed by atoms with E-state index < -0.39 is 22.8 Å². The first-order chi connectivity index (χ1) is 15.5. The number of alkyl halides is 2. The molecule has 0 atom stereocenters. The van der Waals surface area contributed by atoms with E-state index in [1.165, 1.54) is 0 Å². The molecule has 0 unspecified atom stereocenters. The van der Waals surface area contributed by atoms with E-state index >= 15 is 0 Å². The second-order valence-corrected chi connectivity index (χ2v) is 9.94. The molecule has 3 aliphatic carbocycles. The van der Waals surface area contributed by atoms with Gasteiger partial charge >= 0.3 is 5.97 Å². The first kappa shape index (κ1) is 21.8. The van der Waals surface area contributed by atoms with Gasteiger partial charge in [0.25, 0.3) is 5.91 Å². The number of amides is 1. The van der Waals surface area contributed by atoms with Crippen molar-refractivity contribution >= 4 is 17.7 Å². The highest BCUT2D eigenvalue weighted by atomic mass is 19.3. The fraction of sp³-hybridized carbons (Fsp3) is 0.565. The quantitative estimate of drug-likeness (QED) is 0.713. The summed E-state index contributed by atoms with van der Waals surface area (Å²) < 4.78 is 29.6. The van der Waals surface area contributed by atoms with Gasteiger partial charge in [-0.3, -0.25) is 14.3 Å². The normalized spacial score (nSPS) is 27.8. The molecule has 0 aromatic carbocycles. The third kappa shape index (κ3) is 3.55. The van der Waals surface area contributed by atoms with Crippen molar-refractivity contribution in [2.75, 3.05) is 18.0 Å². The summed E-state index contributed by atoms with van der Waals surface area (Å²) in [5, 5.41) is 16.6. The Labute approximate surface area is 190 Å². The van der Waals surface area contributed by atoms with Crippen LogP contribution in [0.5, 0.6) is 0 Å². The zero-order chi connectivity index (χ0) is 23.6. The van der Waals surface area contributed by atoms with Crippen molar-refractivity contribution in [2.45, 2.75) is 56.9 Å². The van der Waals surface area contributed by atoms with Crippen molar-refractivity contribution in [1.29, 1.82) is 0 Å². The number of nitrogens with zero attached hydrogens (tertiary/aromatic N) is 4. The number of halogens is 2. The van der Waals surface area contributed by atoms with Crippen molar-refractivity contribution in [2.24, 2.45) is 12.5 Å². The van der Waals surface area contributed by atoms with Crippen molar-refractivity contribution in [3.8, 4) is 11.1 Å². The van der Waals surface area contributed by atoms with Crippen LogP contribution in [0.1, 0.15) is 54.4 Å². The van der Waals surface area contributed by atoms with Gasteiger partial charge < -0.3 is 15.3 Å². The van der Waals surface area contributed by atoms with Gasteiger partial charge in [-0.05, 0) is 38.2 Å². The number of aliphatic carboxylic acids is 1. The lowest BCUT2D eigenvalue weighted by Crippen LogP contribution is -2.77. The van der Waals surface area contributed by atoms with Gasteiger partial charge in [-0.25, -0.2) is 13.8 Å². The molecule has 8 nitrogen and oxygen atoms in total. The molecule has 3 saturated carbocycles. The number of carboxylic acids is 1. The van der Waals surface area contributed by atoms with Crippen LogP contribution in [0.3, 0.4) is 0 Å². The molecule has 0 radical (unpaired) electrons. The monoisotopic (exact) mass is 459 g/mol. The van der Waals surface area contributed by atoms with E-state index in [1.807, 2.05) is 13.1 Å². The molecule has 2 N–H and O–H groups in total. The molecule has 4 fully saturated rings. The van der Waals surface area contributed by atoms with E-state index in [2.05, 4.69) is 15.4 Å². The second-order valence-electron chi connectivity index (χ2n) is 9.94. The molecule has 10 heteroatoms. The molecular formula is C23H27F2N5O3. The first-order valence-electron chi connectivity index (χ1n) is 11.2. The van der Waals surface area contributed by atoms with Crippen molar-refractivity contribution in [1.82, 2.24) is 20.1 Å². The predicted molar refractivity (Wildman–Crippen MR) is 116 cm³/mol. The molecular weight excluding hydrogens is 432 g/mol. The van der Waals surface area contributed by atoms with Gasteiger partial charge in [0.1, 0.15) is 5.82 Å². The SMILES string of the molecule is Cc1c(-c2cnn(C)c2)cnc(N2CCCC(F)(F)CC2)c1C(=O)NC12CC(C(=O)O)(C1)C2. The number of hydrogen-bond donors (Lipinski definition) is 2. The van der Waals surface area contributed by atoms with Crippen LogP contribution in [0, 0.1) is 12.3 Å². The fourth-order valence-corrected chi connectivity index (χ4v) is 5.68. The fourth-order valence-electron chi connectivity index (χ4n) is 5.68. The van der Waals surface area contributed by atoms with E-state index in [4.69, 9.17) is 0 Å². The van der Waals surface area contributed by atoms with Crippen LogP contribution in [-0.2, 0) is 11.8 Å². The lowest BCUT2D eigenvalue weighted by atomic mass is 9.39. The maximum absolute atomic E-state index is 14.0. The summed E-state index contributed by atoms with van der Waals surface area (Å²) in [6.07, 6.45) is 6.28. The molecule has 0 spiro atoms. The van der Waals surface area contributed by atoms with E-state index in [1.54, 1.807) is 29.0 Å². The minimum Gasteiger partial charge on any atom is -0.481 e. The summed E-state index contributed by atoms with van der Waals surface area (Å²) in [4.78, 5) is 31.3. The van der Waals surface area contributed by atoms with Crippen LogP contribution < -0.4 is 10.2 Å². The molecule has 176 valence electrons. The number of pyridine rings is 1. The number of carboxylic acid groups (broad SMARTS) is 1. The third-order valence-electron chi connectivity index (χ3n) is 7.44. The average Bonchev–Trinajstić information content (AvgIpc) is 3.02. The first-order valence-corrected chi connectivity index (χ1v) is 11.2. The van der Waals surface area contributed by atoms with Gasteiger partial charge in [0.05, 0.1) is 17.2 Å². The molecule has 2 aromatic heterocycles. The summed E-state index contributed by atoms with van der Waals surface area (Å²) in [6.45, 7) is 2.33. The van der Waals surface area contributed by atoms with E-state index in [0.717, 1.165) is 11.1 Å². The van der Waals surface area contributed by atoms with Crippen molar-refractivity contribution < 1.29 is 23.5 Å². The molecule has 2 aromatic rings. The van der Waals surface area contributed by atoms with Crippen LogP contribution in [0.15, 0.2) is 18.6 Å². The summed E-state index contributed by atoms with van der Waals surface area (Å²) in [7, 11) is 1.80. The van der Waals surface area contributed by atoms with Crippen LogP contribution in [0.2, 0.25) is 0 Å². The van der Waals surface area contributed by atoms with Gasteiger partial charge in [0, 0.05) is 62.0 Å². The van der Waals surface area contributed by atoms with E-state index in [-0.39, 0.29) is 25.3 Å². The number of aryl methyl sites for hydroxylation is 1. The minimum atomic E-state index is -2.72. The number of carbonyl (C=O) groups is 2. The van der Waals surface area contributed by atoms with Gasteiger partial charge in [0.15, 0.2) is 0 Å². The topological polar surface area (TPSA) is 100 Å². The van der Waals surface area contributed by atoms with E-state index in [0.29, 0.717) is 49.2 Å². The molecule has 4 aliphatic rings. The predicted octanol–water partition coefficient (Wildman–Crippen LogP) is 3.15. The van der Waals surface area contributed by atoms with Gasteiger partial charge in [0.2, 0.25) is 5.92 Å². The summed E-state index contributed by atoms with van der Waals surface area (Å²) in [5.74, 6) is -3.48. The highest BCUT2D eigenvalue weighted by molar-refractivity contribution is 6.03. The van der Waals surface area contributed by atoms with Gasteiger partial charge in [-0.15, -0.1) is 0 Å². The molecule has 3 heterocycles. The third-order valence-corrected chi connectivity index (χ3v) is 7.44. The zero-order valence-corrected chi connectivity index (χ0v) is 18.7. The van der Waals surface area contributed by atoms with E-state index in [9.17, 15) is 23.5 Å². The van der Waals surface area contributed by atoms with Crippen LogP contribution in [0.25, 0.3) is 11.1 Å². The Bertz CT molecular complexity index is 1130. The molecule has 33 heavy (non-hydrogen) atoms. The van der Waals surface area contributed by atoms with Crippen LogP contribution in [-0.4, -0.2) is 56.3 Å². The Kier molecular flexibility index (Phi) is 4.77. The highest BCUT2D eigenvalue weighted by Gasteiger charge is 2.72. The van der Waals surface area contributed by atoms with Crippen LogP contribution in [0.4, 0.5) is 14.6 Å². The Balaban J connectivity index is 1.49. The number of carbonyl (C=O) groups excluding carboxylic acids is 1. The zero-order valence-electron chi connectivity index (χ0n) is 18.7. The summed E-state index contributed by atoms with van der Waals surface area (Å²) in [6, 6.07) is 0. The average molecular weight is 459 g/mol. The Morgan fingerprint density at radius 2 is 1.88 bits per heavy atom.